The maximum Gasteiger partial charge on any atom is 0.244 e. The molecule has 1 aliphatic rings. The van der Waals surface area contributed by atoms with Crippen molar-refractivity contribution in [3.8, 4) is 22.8 Å². The molecule has 0 saturated heterocycles. The number of hydrogen-bond acceptors (Lipinski definition) is 5. The first-order valence-electron chi connectivity index (χ1n) is 10.9. The summed E-state index contributed by atoms with van der Waals surface area (Å²) in [6, 6.07) is 15.1. The number of aromatic nitrogens is 3. The number of benzene rings is 2. The predicted octanol–water partition coefficient (Wildman–Crippen LogP) is 3.43. The summed E-state index contributed by atoms with van der Waals surface area (Å²) in [7, 11) is 5.08. The van der Waals surface area contributed by atoms with Crippen molar-refractivity contribution in [1.29, 1.82) is 0 Å². The Morgan fingerprint density at radius 3 is 2.56 bits per heavy atom. The van der Waals surface area contributed by atoms with E-state index in [1.807, 2.05) is 31.4 Å². The lowest BCUT2D eigenvalue weighted by Crippen LogP contribution is -2.42. The number of methoxy groups -OCH3 is 2. The number of hydrogen-bond donors (Lipinski definition) is 1. The van der Waals surface area contributed by atoms with Gasteiger partial charge in [-0.25, -0.2) is 4.68 Å². The fraction of sp³-hybridized carbons (Fsp3) is 0.240. The maximum atomic E-state index is 12.9. The summed E-state index contributed by atoms with van der Waals surface area (Å²) >= 11 is 0. The van der Waals surface area contributed by atoms with Crippen LogP contribution in [0.5, 0.6) is 11.5 Å². The van der Waals surface area contributed by atoms with Crippen molar-refractivity contribution >= 4 is 34.2 Å². The van der Waals surface area contributed by atoms with Crippen molar-refractivity contribution in [3.05, 3.63) is 54.7 Å². The quantitative estimate of drug-likeness (QED) is 0.477. The van der Waals surface area contributed by atoms with Crippen LogP contribution in [0, 0.1) is 0 Å². The van der Waals surface area contributed by atoms with Crippen molar-refractivity contribution in [2.24, 2.45) is 7.05 Å². The fourth-order valence-electron chi connectivity index (χ4n) is 4.32. The van der Waals surface area contributed by atoms with Crippen LogP contribution in [-0.2, 0) is 23.2 Å². The molecule has 174 valence electrons. The Balaban J connectivity index is 1.42. The van der Waals surface area contributed by atoms with Gasteiger partial charge in [0.1, 0.15) is 23.9 Å². The summed E-state index contributed by atoms with van der Waals surface area (Å²) in [5.74, 6) is 1.28. The molecule has 34 heavy (non-hydrogen) atoms. The Kier molecular flexibility index (Phi) is 5.45. The van der Waals surface area contributed by atoms with Gasteiger partial charge < -0.3 is 19.4 Å². The third kappa shape index (κ3) is 3.85. The van der Waals surface area contributed by atoms with Crippen molar-refractivity contribution in [1.82, 2.24) is 14.3 Å². The molecule has 1 aliphatic heterocycles. The molecule has 4 aromatic rings. The van der Waals surface area contributed by atoms with Gasteiger partial charge in [0.15, 0.2) is 0 Å². The maximum absolute atomic E-state index is 12.9. The molecule has 0 aliphatic carbocycles. The third-order valence-electron chi connectivity index (χ3n) is 5.98. The molecule has 3 heterocycles. The van der Waals surface area contributed by atoms with Crippen LogP contribution in [0.3, 0.4) is 0 Å². The highest BCUT2D eigenvalue weighted by atomic mass is 16.5. The summed E-state index contributed by atoms with van der Waals surface area (Å²) in [6.45, 7) is 0.350. The molecule has 2 aromatic carbocycles. The Bertz CT molecular complexity index is 1380. The van der Waals surface area contributed by atoms with Gasteiger partial charge in [-0.3, -0.25) is 14.5 Å². The van der Waals surface area contributed by atoms with E-state index in [4.69, 9.17) is 14.6 Å². The van der Waals surface area contributed by atoms with Gasteiger partial charge in [0, 0.05) is 66.1 Å². The van der Waals surface area contributed by atoms with Gasteiger partial charge in [-0.15, -0.1) is 0 Å². The number of aryl methyl sites for hydroxylation is 2. The molecule has 0 radical (unpaired) electrons. The number of rotatable bonds is 6. The Labute approximate surface area is 196 Å². The van der Waals surface area contributed by atoms with Gasteiger partial charge >= 0.3 is 0 Å². The normalized spacial score (nSPS) is 13.1. The molecule has 9 nitrogen and oxygen atoms in total. The van der Waals surface area contributed by atoms with Crippen LogP contribution in [0.4, 0.5) is 11.5 Å². The van der Waals surface area contributed by atoms with E-state index in [-0.39, 0.29) is 24.8 Å². The number of fused-ring (bicyclic) bond motifs is 2. The minimum atomic E-state index is -0.329. The van der Waals surface area contributed by atoms with Crippen LogP contribution in [0.1, 0.15) is 6.42 Å². The van der Waals surface area contributed by atoms with Crippen LogP contribution in [0.25, 0.3) is 22.2 Å². The van der Waals surface area contributed by atoms with E-state index in [9.17, 15) is 9.59 Å². The van der Waals surface area contributed by atoms with Crippen molar-refractivity contribution in [3.63, 3.8) is 0 Å². The summed E-state index contributed by atoms with van der Waals surface area (Å²) < 4.78 is 14.4. The standard InChI is InChI=1S/C25H25N5O4/c1-28-14-20(19-6-4-5-7-22(19)28)21-13-24-29(25(32)8-9-30(24)27-21)15-23(31)26-16-10-17(33-2)12-18(11-16)34-3/h4-7,10-14H,8-9,15H2,1-3H3,(H,26,31). The minimum absolute atomic E-state index is 0.116. The first-order chi connectivity index (χ1) is 16.5. The van der Waals surface area contributed by atoms with E-state index >= 15 is 0 Å². The largest absolute Gasteiger partial charge is 0.497 e. The van der Waals surface area contributed by atoms with Crippen molar-refractivity contribution in [2.45, 2.75) is 13.0 Å². The molecule has 9 heteroatoms. The van der Waals surface area contributed by atoms with E-state index in [1.165, 1.54) is 4.90 Å². The van der Waals surface area contributed by atoms with Crippen molar-refractivity contribution in [2.75, 3.05) is 31.0 Å². The van der Waals surface area contributed by atoms with Gasteiger partial charge in [0.2, 0.25) is 11.8 Å². The Morgan fingerprint density at radius 1 is 1.09 bits per heavy atom. The van der Waals surface area contributed by atoms with E-state index in [0.29, 0.717) is 29.5 Å². The molecule has 2 amide bonds. The lowest BCUT2D eigenvalue weighted by atomic mass is 10.1. The predicted molar refractivity (Wildman–Crippen MR) is 129 cm³/mol. The number of para-hydroxylation sites is 1. The number of nitrogens with zero attached hydrogens (tertiary/aromatic N) is 4. The molecule has 0 spiro atoms. The molecule has 0 atom stereocenters. The number of carbonyl (C=O) groups is 2. The van der Waals surface area contributed by atoms with Gasteiger partial charge in [-0.1, -0.05) is 18.2 Å². The summed E-state index contributed by atoms with van der Waals surface area (Å²) in [5.41, 5.74) is 3.38. The first-order valence-corrected chi connectivity index (χ1v) is 10.9. The molecule has 1 N–H and O–H groups in total. The number of anilines is 2. The van der Waals surface area contributed by atoms with Gasteiger partial charge in [0.05, 0.1) is 26.5 Å². The molecule has 0 bridgehead atoms. The van der Waals surface area contributed by atoms with Crippen LogP contribution in [0.15, 0.2) is 54.7 Å². The Morgan fingerprint density at radius 2 is 1.82 bits per heavy atom. The van der Waals surface area contributed by atoms with Gasteiger partial charge in [0.25, 0.3) is 0 Å². The number of ether oxygens (including phenoxy) is 2. The minimum Gasteiger partial charge on any atom is -0.497 e. The van der Waals surface area contributed by atoms with E-state index in [2.05, 4.69) is 22.0 Å². The second-order valence-electron chi connectivity index (χ2n) is 8.16. The summed E-state index contributed by atoms with van der Waals surface area (Å²) in [5, 5.41) is 8.67. The van der Waals surface area contributed by atoms with Crippen LogP contribution in [0.2, 0.25) is 0 Å². The third-order valence-corrected chi connectivity index (χ3v) is 5.98. The molecular formula is C25H25N5O4. The highest BCUT2D eigenvalue weighted by Crippen LogP contribution is 2.33. The smallest absolute Gasteiger partial charge is 0.244 e. The lowest BCUT2D eigenvalue weighted by Gasteiger charge is -2.26. The lowest BCUT2D eigenvalue weighted by molar-refractivity contribution is -0.122. The van der Waals surface area contributed by atoms with Crippen molar-refractivity contribution < 1.29 is 19.1 Å². The van der Waals surface area contributed by atoms with Crippen LogP contribution in [-0.4, -0.2) is 46.9 Å². The van der Waals surface area contributed by atoms with E-state index in [1.54, 1.807) is 37.1 Å². The average molecular weight is 460 g/mol. The zero-order chi connectivity index (χ0) is 23.8. The number of nitrogens with one attached hydrogen (secondary N) is 1. The zero-order valence-corrected chi connectivity index (χ0v) is 19.2. The molecular weight excluding hydrogens is 434 g/mol. The Hall–Kier alpha value is -4.27. The van der Waals surface area contributed by atoms with E-state index < -0.39 is 0 Å². The molecule has 2 aromatic heterocycles. The monoisotopic (exact) mass is 459 g/mol. The number of carbonyl (C=O) groups excluding carboxylic acids is 2. The molecule has 0 saturated carbocycles. The highest BCUT2D eigenvalue weighted by Gasteiger charge is 2.29. The van der Waals surface area contributed by atoms with Crippen LogP contribution >= 0.6 is 0 Å². The first kappa shape index (κ1) is 21.6. The van der Waals surface area contributed by atoms with E-state index in [0.717, 1.165) is 22.2 Å². The average Bonchev–Trinajstić information content (AvgIpc) is 3.42. The second-order valence-corrected chi connectivity index (χ2v) is 8.16. The topological polar surface area (TPSA) is 90.6 Å². The SMILES string of the molecule is COc1cc(NC(=O)CN2C(=O)CCn3nc(-c4cn(C)c5ccccc45)cc32)cc(OC)c1. The second kappa shape index (κ2) is 8.58. The van der Waals surface area contributed by atoms with Crippen LogP contribution < -0.4 is 19.7 Å². The summed E-state index contributed by atoms with van der Waals surface area (Å²) in [6.07, 6.45) is 2.32. The summed E-state index contributed by atoms with van der Waals surface area (Å²) in [4.78, 5) is 27.1. The van der Waals surface area contributed by atoms with Gasteiger partial charge in [-0.05, 0) is 6.07 Å². The fourth-order valence-corrected chi connectivity index (χ4v) is 4.32. The molecule has 0 fully saturated rings. The number of amides is 2. The highest BCUT2D eigenvalue weighted by molar-refractivity contribution is 6.03. The molecule has 5 rings (SSSR count). The zero-order valence-electron chi connectivity index (χ0n) is 19.2. The van der Waals surface area contributed by atoms with Gasteiger partial charge in [-0.2, -0.15) is 5.10 Å². The molecule has 0 unspecified atom stereocenters.